The Balaban J connectivity index is 2.09. The lowest BCUT2D eigenvalue weighted by Gasteiger charge is -2.09. The molecule has 0 fully saturated rings. The largest absolute Gasteiger partial charge is 0.458 e. The Morgan fingerprint density at radius 1 is 1.29 bits per heavy atom. The SMILES string of the molecule is FC1=CC(Oc2ccncc2)=CCC1. The summed E-state index contributed by atoms with van der Waals surface area (Å²) >= 11 is 0. The van der Waals surface area contributed by atoms with Gasteiger partial charge in [0.05, 0.1) is 0 Å². The molecule has 0 N–H and O–H groups in total. The highest BCUT2D eigenvalue weighted by atomic mass is 19.1. The summed E-state index contributed by atoms with van der Waals surface area (Å²) in [7, 11) is 0. The lowest BCUT2D eigenvalue weighted by molar-refractivity contribution is 0.429. The minimum Gasteiger partial charge on any atom is -0.458 e. The highest BCUT2D eigenvalue weighted by Crippen LogP contribution is 2.21. The number of hydrogen-bond donors (Lipinski definition) is 0. The summed E-state index contributed by atoms with van der Waals surface area (Å²) in [6.07, 6.45) is 7.75. The first kappa shape index (κ1) is 8.94. The van der Waals surface area contributed by atoms with E-state index in [2.05, 4.69) is 4.98 Å². The lowest BCUT2D eigenvalue weighted by Crippen LogP contribution is -1.97. The van der Waals surface area contributed by atoms with Gasteiger partial charge in [0.1, 0.15) is 17.3 Å². The van der Waals surface area contributed by atoms with Crippen LogP contribution in [0.25, 0.3) is 0 Å². The van der Waals surface area contributed by atoms with E-state index in [-0.39, 0.29) is 5.83 Å². The first-order valence-corrected chi connectivity index (χ1v) is 4.49. The molecule has 3 heteroatoms. The first-order valence-electron chi connectivity index (χ1n) is 4.49. The summed E-state index contributed by atoms with van der Waals surface area (Å²) in [4.78, 5) is 3.86. The second-order valence-corrected chi connectivity index (χ2v) is 3.02. The van der Waals surface area contributed by atoms with E-state index in [0.717, 1.165) is 0 Å². The molecule has 0 radical (unpaired) electrons. The van der Waals surface area contributed by atoms with E-state index in [1.165, 1.54) is 6.08 Å². The molecule has 1 heterocycles. The molecule has 0 bridgehead atoms. The van der Waals surface area contributed by atoms with Crippen LogP contribution in [0.5, 0.6) is 5.75 Å². The van der Waals surface area contributed by atoms with Gasteiger partial charge in [-0.25, -0.2) is 4.39 Å². The number of pyridine rings is 1. The van der Waals surface area contributed by atoms with Crippen LogP contribution in [0.1, 0.15) is 12.8 Å². The molecule has 0 atom stereocenters. The van der Waals surface area contributed by atoms with Gasteiger partial charge in [0.15, 0.2) is 0 Å². The normalized spacial score (nSPS) is 15.8. The van der Waals surface area contributed by atoms with Crippen LogP contribution in [-0.4, -0.2) is 4.98 Å². The molecule has 0 aliphatic heterocycles. The van der Waals surface area contributed by atoms with Gasteiger partial charge in [-0.15, -0.1) is 0 Å². The van der Waals surface area contributed by atoms with Crippen molar-refractivity contribution in [3.63, 3.8) is 0 Å². The molecule has 0 amide bonds. The van der Waals surface area contributed by atoms with Gasteiger partial charge in [-0.3, -0.25) is 4.98 Å². The van der Waals surface area contributed by atoms with Crippen molar-refractivity contribution in [3.8, 4) is 5.75 Å². The monoisotopic (exact) mass is 191 g/mol. The van der Waals surface area contributed by atoms with E-state index in [1.807, 2.05) is 6.08 Å². The van der Waals surface area contributed by atoms with Crippen molar-refractivity contribution in [2.45, 2.75) is 12.8 Å². The van der Waals surface area contributed by atoms with E-state index in [4.69, 9.17) is 4.74 Å². The smallest absolute Gasteiger partial charge is 0.130 e. The van der Waals surface area contributed by atoms with Gasteiger partial charge in [-0.05, 0) is 24.6 Å². The molecular formula is C11H10FNO. The van der Waals surface area contributed by atoms with Gasteiger partial charge in [0, 0.05) is 24.9 Å². The number of hydrogen-bond acceptors (Lipinski definition) is 2. The maximum Gasteiger partial charge on any atom is 0.130 e. The fraction of sp³-hybridized carbons (Fsp3) is 0.182. The van der Waals surface area contributed by atoms with Crippen molar-refractivity contribution < 1.29 is 9.13 Å². The minimum atomic E-state index is -0.128. The molecule has 72 valence electrons. The van der Waals surface area contributed by atoms with E-state index < -0.39 is 0 Å². The summed E-state index contributed by atoms with van der Waals surface area (Å²) in [5.41, 5.74) is 0. The van der Waals surface area contributed by atoms with E-state index >= 15 is 0 Å². The van der Waals surface area contributed by atoms with E-state index in [0.29, 0.717) is 24.4 Å². The third-order valence-electron chi connectivity index (χ3n) is 1.91. The Morgan fingerprint density at radius 3 is 2.79 bits per heavy atom. The predicted molar refractivity (Wildman–Crippen MR) is 51.4 cm³/mol. The Labute approximate surface area is 81.7 Å². The maximum absolute atomic E-state index is 12.9. The zero-order chi connectivity index (χ0) is 9.80. The molecular weight excluding hydrogens is 181 g/mol. The second-order valence-electron chi connectivity index (χ2n) is 3.02. The third-order valence-corrected chi connectivity index (χ3v) is 1.91. The molecule has 1 aromatic heterocycles. The quantitative estimate of drug-likeness (QED) is 0.716. The zero-order valence-corrected chi connectivity index (χ0v) is 7.61. The summed E-state index contributed by atoms with van der Waals surface area (Å²) in [5.74, 6) is 1.12. The van der Waals surface area contributed by atoms with Crippen molar-refractivity contribution in [2.75, 3.05) is 0 Å². The van der Waals surface area contributed by atoms with Gasteiger partial charge < -0.3 is 4.74 Å². The summed E-state index contributed by atoms with van der Waals surface area (Å²) < 4.78 is 18.3. The van der Waals surface area contributed by atoms with Crippen molar-refractivity contribution in [1.82, 2.24) is 4.98 Å². The van der Waals surface area contributed by atoms with Crippen LogP contribution < -0.4 is 4.74 Å². The standard InChI is InChI=1S/C11H10FNO/c12-9-2-1-3-11(8-9)14-10-4-6-13-7-5-10/h3-8H,1-2H2. The lowest BCUT2D eigenvalue weighted by atomic mass is 10.1. The van der Waals surface area contributed by atoms with Gasteiger partial charge in [-0.1, -0.05) is 0 Å². The molecule has 0 unspecified atom stereocenters. The minimum absolute atomic E-state index is 0.128. The number of allylic oxidation sites excluding steroid dienone is 3. The number of nitrogens with zero attached hydrogens (tertiary/aromatic N) is 1. The van der Waals surface area contributed by atoms with E-state index in [9.17, 15) is 4.39 Å². The van der Waals surface area contributed by atoms with Crippen LogP contribution in [0.2, 0.25) is 0 Å². The number of rotatable bonds is 2. The van der Waals surface area contributed by atoms with Crippen molar-refractivity contribution in [2.24, 2.45) is 0 Å². The average molecular weight is 191 g/mol. The molecule has 14 heavy (non-hydrogen) atoms. The van der Waals surface area contributed by atoms with Crippen molar-refractivity contribution in [1.29, 1.82) is 0 Å². The topological polar surface area (TPSA) is 22.1 Å². The molecule has 1 aliphatic carbocycles. The van der Waals surface area contributed by atoms with Crippen molar-refractivity contribution in [3.05, 3.63) is 48.3 Å². The van der Waals surface area contributed by atoms with Crippen LogP contribution in [0, 0.1) is 0 Å². The summed E-state index contributed by atoms with van der Waals surface area (Å²) in [5, 5.41) is 0. The van der Waals surface area contributed by atoms with Gasteiger partial charge in [0.25, 0.3) is 0 Å². The maximum atomic E-state index is 12.9. The van der Waals surface area contributed by atoms with Crippen LogP contribution in [-0.2, 0) is 0 Å². The molecule has 1 aliphatic rings. The molecule has 0 saturated carbocycles. The average Bonchev–Trinajstić information content (AvgIpc) is 2.19. The Morgan fingerprint density at radius 2 is 2.07 bits per heavy atom. The number of aromatic nitrogens is 1. The summed E-state index contributed by atoms with van der Waals surface area (Å²) in [6.45, 7) is 0. The van der Waals surface area contributed by atoms with E-state index in [1.54, 1.807) is 24.5 Å². The Hall–Kier alpha value is -1.64. The molecule has 1 aromatic rings. The van der Waals surface area contributed by atoms with Crippen LogP contribution in [0.4, 0.5) is 4.39 Å². The third kappa shape index (κ3) is 2.19. The molecule has 0 aromatic carbocycles. The molecule has 0 spiro atoms. The highest BCUT2D eigenvalue weighted by molar-refractivity contribution is 5.27. The molecule has 2 nitrogen and oxygen atoms in total. The summed E-state index contributed by atoms with van der Waals surface area (Å²) in [6, 6.07) is 3.47. The van der Waals surface area contributed by atoms with Crippen molar-refractivity contribution >= 4 is 0 Å². The fourth-order valence-corrected chi connectivity index (χ4v) is 1.25. The Kier molecular flexibility index (Phi) is 2.58. The molecule has 2 rings (SSSR count). The van der Waals surface area contributed by atoms with Crippen LogP contribution in [0.3, 0.4) is 0 Å². The van der Waals surface area contributed by atoms with Crippen LogP contribution >= 0.6 is 0 Å². The van der Waals surface area contributed by atoms with Gasteiger partial charge in [-0.2, -0.15) is 0 Å². The molecule has 0 saturated heterocycles. The second kappa shape index (κ2) is 4.05. The Bertz CT molecular complexity index is 370. The van der Waals surface area contributed by atoms with Gasteiger partial charge >= 0.3 is 0 Å². The highest BCUT2D eigenvalue weighted by Gasteiger charge is 2.05. The number of ether oxygens (including phenoxy) is 1. The fourth-order valence-electron chi connectivity index (χ4n) is 1.25. The zero-order valence-electron chi connectivity index (χ0n) is 7.61. The van der Waals surface area contributed by atoms with Crippen LogP contribution in [0.15, 0.2) is 48.3 Å². The number of halogens is 1. The predicted octanol–water partition coefficient (Wildman–Crippen LogP) is 2.99. The van der Waals surface area contributed by atoms with Gasteiger partial charge in [0.2, 0.25) is 0 Å². The first-order chi connectivity index (χ1) is 6.84.